The van der Waals surface area contributed by atoms with E-state index in [9.17, 15) is 9.59 Å². The molecule has 1 amide bonds. The Hall–Kier alpha value is -1.92. The number of hydrogen-bond acceptors (Lipinski definition) is 4. The number of benzene rings is 1. The second-order valence-electron chi connectivity index (χ2n) is 4.35. The van der Waals surface area contributed by atoms with Gasteiger partial charge in [-0.3, -0.25) is 4.79 Å². The van der Waals surface area contributed by atoms with Crippen molar-refractivity contribution in [2.24, 2.45) is 0 Å². The Kier molecular flexibility index (Phi) is 4.13. The predicted molar refractivity (Wildman–Crippen MR) is 65.5 cm³/mol. The molecular formula is C13H15NO5. The third-order valence-electron chi connectivity index (χ3n) is 3.00. The molecule has 2 rings (SSSR count). The van der Waals surface area contributed by atoms with E-state index in [1.54, 1.807) is 18.2 Å². The number of amides is 1. The molecule has 1 aliphatic rings. The van der Waals surface area contributed by atoms with Gasteiger partial charge in [0.1, 0.15) is 6.04 Å². The molecule has 1 unspecified atom stereocenters. The largest absolute Gasteiger partial charge is 0.480 e. The number of carbonyl (C=O) groups is 2. The second kappa shape index (κ2) is 5.81. The number of aliphatic hydroxyl groups is 1. The molecule has 1 aromatic rings. The maximum Gasteiger partial charge on any atom is 0.326 e. The summed E-state index contributed by atoms with van der Waals surface area (Å²) in [6, 6.07) is 4.07. The van der Waals surface area contributed by atoms with Crippen LogP contribution in [0.3, 0.4) is 0 Å². The first-order valence-corrected chi connectivity index (χ1v) is 5.96. The van der Waals surface area contributed by atoms with Crippen LogP contribution in [-0.2, 0) is 22.7 Å². The molecule has 6 nitrogen and oxygen atoms in total. The molecule has 0 saturated carbocycles. The molecule has 0 saturated heterocycles. The first-order chi connectivity index (χ1) is 9.11. The summed E-state index contributed by atoms with van der Waals surface area (Å²) < 4.78 is 5.25. The van der Waals surface area contributed by atoms with Crippen LogP contribution >= 0.6 is 0 Å². The molecule has 0 bridgehead atoms. The van der Waals surface area contributed by atoms with E-state index < -0.39 is 17.9 Å². The average Bonchev–Trinajstić information content (AvgIpc) is 2.85. The average molecular weight is 265 g/mol. The van der Waals surface area contributed by atoms with Crippen LogP contribution in [0.25, 0.3) is 0 Å². The van der Waals surface area contributed by atoms with Gasteiger partial charge in [0.15, 0.2) is 0 Å². The van der Waals surface area contributed by atoms with Gasteiger partial charge in [0, 0.05) is 18.6 Å². The predicted octanol–water partition coefficient (Wildman–Crippen LogP) is 0.282. The van der Waals surface area contributed by atoms with Gasteiger partial charge in [-0.2, -0.15) is 0 Å². The number of hydrogen-bond donors (Lipinski definition) is 3. The summed E-state index contributed by atoms with van der Waals surface area (Å²) in [6.07, 6.45) is -0.0187. The Labute approximate surface area is 110 Å². The fourth-order valence-electron chi connectivity index (χ4n) is 1.94. The topological polar surface area (TPSA) is 95.9 Å². The van der Waals surface area contributed by atoms with Gasteiger partial charge in [0.05, 0.1) is 13.2 Å². The third-order valence-corrected chi connectivity index (χ3v) is 3.00. The minimum absolute atomic E-state index is 0.0187. The van der Waals surface area contributed by atoms with Crippen molar-refractivity contribution in [3.63, 3.8) is 0 Å². The molecule has 0 radical (unpaired) electrons. The molecule has 1 aliphatic heterocycles. The van der Waals surface area contributed by atoms with Crippen molar-refractivity contribution in [3.05, 3.63) is 34.9 Å². The summed E-state index contributed by atoms with van der Waals surface area (Å²) in [5.74, 6) is -1.62. The Morgan fingerprint density at radius 2 is 2.05 bits per heavy atom. The Morgan fingerprint density at radius 3 is 2.74 bits per heavy atom. The summed E-state index contributed by atoms with van der Waals surface area (Å²) in [5, 5.41) is 20.1. The number of rotatable bonds is 5. The first kappa shape index (κ1) is 13.5. The van der Waals surface area contributed by atoms with Crippen molar-refractivity contribution in [1.82, 2.24) is 5.32 Å². The smallest absolute Gasteiger partial charge is 0.326 e. The lowest BCUT2D eigenvalue weighted by Crippen LogP contribution is -2.41. The zero-order valence-corrected chi connectivity index (χ0v) is 10.3. The number of carbonyl (C=O) groups excluding carboxylic acids is 1. The van der Waals surface area contributed by atoms with Crippen LogP contribution in [0, 0.1) is 0 Å². The van der Waals surface area contributed by atoms with Gasteiger partial charge in [0.2, 0.25) is 0 Å². The van der Waals surface area contributed by atoms with Crippen LogP contribution < -0.4 is 5.32 Å². The van der Waals surface area contributed by atoms with Crippen molar-refractivity contribution in [3.8, 4) is 0 Å². The van der Waals surface area contributed by atoms with Gasteiger partial charge in [-0.15, -0.1) is 0 Å². The highest BCUT2D eigenvalue weighted by atomic mass is 16.5. The van der Waals surface area contributed by atoms with Crippen molar-refractivity contribution in [2.75, 3.05) is 6.61 Å². The lowest BCUT2D eigenvalue weighted by atomic mass is 10.1. The van der Waals surface area contributed by atoms with E-state index in [0.717, 1.165) is 11.1 Å². The minimum Gasteiger partial charge on any atom is -0.480 e. The van der Waals surface area contributed by atoms with Crippen molar-refractivity contribution >= 4 is 11.9 Å². The monoisotopic (exact) mass is 265 g/mol. The lowest BCUT2D eigenvalue weighted by Gasteiger charge is -2.13. The highest BCUT2D eigenvalue weighted by molar-refractivity contribution is 5.96. The zero-order chi connectivity index (χ0) is 13.8. The van der Waals surface area contributed by atoms with E-state index >= 15 is 0 Å². The summed E-state index contributed by atoms with van der Waals surface area (Å²) in [7, 11) is 0. The quantitative estimate of drug-likeness (QED) is 0.710. The Morgan fingerprint density at radius 1 is 1.32 bits per heavy atom. The van der Waals surface area contributed by atoms with Gasteiger partial charge in [-0.1, -0.05) is 6.07 Å². The second-order valence-corrected chi connectivity index (χ2v) is 4.35. The standard InChI is InChI=1S/C13H15NO5/c15-4-3-11(13(17)18)14-12(16)8-1-2-9-6-19-7-10(9)5-8/h1-2,5,11,15H,3-4,6-7H2,(H,14,16)(H,17,18). The molecule has 102 valence electrons. The number of ether oxygens (including phenoxy) is 1. The molecular weight excluding hydrogens is 250 g/mol. The third kappa shape index (κ3) is 3.10. The van der Waals surface area contributed by atoms with E-state index in [2.05, 4.69) is 5.32 Å². The molecule has 0 aliphatic carbocycles. The highest BCUT2D eigenvalue weighted by Crippen LogP contribution is 2.20. The molecule has 0 fully saturated rings. The number of nitrogens with one attached hydrogen (secondary N) is 1. The number of aliphatic carboxylic acids is 1. The van der Waals surface area contributed by atoms with Crippen LogP contribution in [0.5, 0.6) is 0 Å². The highest BCUT2D eigenvalue weighted by Gasteiger charge is 2.21. The number of carboxylic acids is 1. The van der Waals surface area contributed by atoms with E-state index in [-0.39, 0.29) is 13.0 Å². The number of aliphatic hydroxyl groups excluding tert-OH is 1. The van der Waals surface area contributed by atoms with E-state index in [0.29, 0.717) is 18.8 Å². The minimum atomic E-state index is -1.16. The van der Waals surface area contributed by atoms with Crippen molar-refractivity contribution in [2.45, 2.75) is 25.7 Å². The normalized spacial score (nSPS) is 14.8. The van der Waals surface area contributed by atoms with Crippen LogP contribution in [0.4, 0.5) is 0 Å². The molecule has 0 spiro atoms. The molecule has 1 aromatic carbocycles. The summed E-state index contributed by atoms with van der Waals surface area (Å²) >= 11 is 0. The maximum absolute atomic E-state index is 11.9. The SMILES string of the molecule is O=C(NC(CCO)C(=O)O)c1ccc2c(c1)COC2. The van der Waals surface area contributed by atoms with Crippen molar-refractivity contribution < 1.29 is 24.5 Å². The molecule has 19 heavy (non-hydrogen) atoms. The number of carboxylic acid groups (broad SMARTS) is 1. The van der Waals surface area contributed by atoms with Crippen molar-refractivity contribution in [1.29, 1.82) is 0 Å². The molecule has 0 aromatic heterocycles. The van der Waals surface area contributed by atoms with Gasteiger partial charge in [-0.05, 0) is 23.3 Å². The molecule has 1 heterocycles. The maximum atomic E-state index is 11.9. The van der Waals surface area contributed by atoms with Gasteiger partial charge < -0.3 is 20.3 Å². The van der Waals surface area contributed by atoms with Crippen LogP contribution in [0.15, 0.2) is 18.2 Å². The van der Waals surface area contributed by atoms with Crippen LogP contribution in [0.1, 0.15) is 27.9 Å². The molecule has 1 atom stereocenters. The van der Waals surface area contributed by atoms with E-state index in [4.69, 9.17) is 14.9 Å². The summed E-state index contributed by atoms with van der Waals surface area (Å²) in [5.41, 5.74) is 2.39. The van der Waals surface area contributed by atoms with Crippen LogP contribution in [-0.4, -0.2) is 34.7 Å². The lowest BCUT2D eigenvalue weighted by molar-refractivity contribution is -0.139. The Bertz CT molecular complexity index is 500. The van der Waals surface area contributed by atoms with Gasteiger partial charge in [0.25, 0.3) is 5.91 Å². The fourth-order valence-corrected chi connectivity index (χ4v) is 1.94. The van der Waals surface area contributed by atoms with Gasteiger partial charge in [-0.25, -0.2) is 4.79 Å². The van der Waals surface area contributed by atoms with E-state index in [1.165, 1.54) is 0 Å². The van der Waals surface area contributed by atoms with Gasteiger partial charge >= 0.3 is 5.97 Å². The Balaban J connectivity index is 2.09. The first-order valence-electron chi connectivity index (χ1n) is 5.96. The summed E-state index contributed by atoms with van der Waals surface area (Å²) in [4.78, 5) is 22.8. The molecule has 6 heteroatoms. The summed E-state index contributed by atoms with van der Waals surface area (Å²) in [6.45, 7) is 0.713. The molecule has 3 N–H and O–H groups in total. The van der Waals surface area contributed by atoms with E-state index in [1.807, 2.05) is 0 Å². The number of fused-ring (bicyclic) bond motifs is 1. The van der Waals surface area contributed by atoms with Crippen LogP contribution in [0.2, 0.25) is 0 Å². The zero-order valence-electron chi connectivity index (χ0n) is 10.3. The fraction of sp³-hybridized carbons (Fsp3) is 0.385.